The van der Waals surface area contributed by atoms with Gasteiger partial charge in [0.05, 0.1) is 0 Å². The van der Waals surface area contributed by atoms with Crippen molar-refractivity contribution in [3.05, 3.63) is 50.1 Å². The van der Waals surface area contributed by atoms with E-state index in [4.69, 9.17) is 11.6 Å². The fourth-order valence-electron chi connectivity index (χ4n) is 1.88. The molecule has 0 atom stereocenters. The van der Waals surface area contributed by atoms with Gasteiger partial charge in [-0.15, -0.1) is 0 Å². The molecule has 19 heavy (non-hydrogen) atoms. The SMILES string of the molecule is Cn1c(=O)[nH]c(=O)c2[nH]c(-c3cccc(Cl)c3)nc21. The normalized spacial score (nSPS) is 11.1. The average molecular weight is 277 g/mol. The standard InChI is InChI=1S/C12H9ClN4O2/c1-17-10-8(11(18)16-12(17)19)14-9(15-10)6-3-2-4-7(13)5-6/h2-5H,1H3,(H,14,15)(H,16,18,19). The third-order valence-corrected chi connectivity index (χ3v) is 3.09. The Morgan fingerprint density at radius 3 is 2.79 bits per heavy atom. The zero-order valence-electron chi connectivity index (χ0n) is 9.90. The Bertz CT molecular complexity index is 891. The minimum atomic E-state index is -0.498. The van der Waals surface area contributed by atoms with Crippen LogP contribution in [0.5, 0.6) is 0 Å². The molecule has 0 saturated carbocycles. The van der Waals surface area contributed by atoms with Gasteiger partial charge in [0.1, 0.15) is 11.3 Å². The number of hydrogen-bond donors (Lipinski definition) is 2. The van der Waals surface area contributed by atoms with E-state index in [1.165, 1.54) is 4.57 Å². The summed E-state index contributed by atoms with van der Waals surface area (Å²) in [7, 11) is 1.54. The number of nitrogens with one attached hydrogen (secondary N) is 2. The first kappa shape index (κ1) is 11.7. The third kappa shape index (κ3) is 1.86. The molecular weight excluding hydrogens is 268 g/mol. The first-order chi connectivity index (χ1) is 9.06. The average Bonchev–Trinajstić information content (AvgIpc) is 2.82. The molecule has 96 valence electrons. The highest BCUT2D eigenvalue weighted by Gasteiger charge is 2.11. The summed E-state index contributed by atoms with van der Waals surface area (Å²) in [5.41, 5.74) is 0.330. The van der Waals surface area contributed by atoms with Gasteiger partial charge < -0.3 is 4.98 Å². The van der Waals surface area contributed by atoms with Crippen molar-refractivity contribution in [1.82, 2.24) is 19.5 Å². The van der Waals surface area contributed by atoms with Crippen LogP contribution in [0.4, 0.5) is 0 Å². The topological polar surface area (TPSA) is 83.5 Å². The number of benzene rings is 1. The van der Waals surface area contributed by atoms with Crippen LogP contribution in [0, 0.1) is 0 Å². The highest BCUT2D eigenvalue weighted by Crippen LogP contribution is 2.21. The molecule has 6 nitrogen and oxygen atoms in total. The molecule has 2 aromatic heterocycles. The Hall–Kier alpha value is -2.34. The van der Waals surface area contributed by atoms with Crippen LogP contribution in [-0.2, 0) is 7.05 Å². The quantitative estimate of drug-likeness (QED) is 0.702. The summed E-state index contributed by atoms with van der Waals surface area (Å²) in [4.78, 5) is 32.6. The predicted octanol–water partition coefficient (Wildman–Crippen LogP) is 1.27. The van der Waals surface area contributed by atoms with Crippen LogP contribution in [0.15, 0.2) is 33.9 Å². The molecular formula is C12H9ClN4O2. The van der Waals surface area contributed by atoms with Crippen molar-refractivity contribution in [3.8, 4) is 11.4 Å². The fourth-order valence-corrected chi connectivity index (χ4v) is 2.07. The van der Waals surface area contributed by atoms with Gasteiger partial charge in [-0.25, -0.2) is 9.78 Å². The number of nitrogens with zero attached hydrogens (tertiary/aromatic N) is 2. The summed E-state index contributed by atoms with van der Waals surface area (Å²) in [6, 6.07) is 7.08. The lowest BCUT2D eigenvalue weighted by molar-refractivity contribution is 0.832. The summed E-state index contributed by atoms with van der Waals surface area (Å²) in [5, 5.41) is 0.570. The first-order valence-electron chi connectivity index (χ1n) is 5.51. The number of aryl methyl sites for hydroxylation is 1. The van der Waals surface area contributed by atoms with Crippen LogP contribution in [0.1, 0.15) is 0 Å². The summed E-state index contributed by atoms with van der Waals surface area (Å²) in [5.74, 6) is 0.490. The number of rotatable bonds is 1. The second kappa shape index (κ2) is 4.10. The molecule has 2 N–H and O–H groups in total. The van der Waals surface area contributed by atoms with E-state index in [0.29, 0.717) is 16.5 Å². The Morgan fingerprint density at radius 1 is 1.26 bits per heavy atom. The van der Waals surface area contributed by atoms with Crippen molar-refractivity contribution in [2.45, 2.75) is 0 Å². The van der Waals surface area contributed by atoms with E-state index in [2.05, 4.69) is 15.0 Å². The Kier molecular flexibility index (Phi) is 2.53. The van der Waals surface area contributed by atoms with Gasteiger partial charge in [0.25, 0.3) is 5.56 Å². The molecule has 2 heterocycles. The maximum Gasteiger partial charge on any atom is 0.329 e. The van der Waals surface area contributed by atoms with Gasteiger partial charge in [0.2, 0.25) is 0 Å². The van der Waals surface area contributed by atoms with E-state index in [1.54, 1.807) is 25.2 Å². The minimum absolute atomic E-state index is 0.261. The van der Waals surface area contributed by atoms with Gasteiger partial charge in [0, 0.05) is 17.6 Å². The first-order valence-corrected chi connectivity index (χ1v) is 5.89. The number of aromatic nitrogens is 4. The van der Waals surface area contributed by atoms with Crippen LogP contribution in [0.3, 0.4) is 0 Å². The molecule has 0 saturated heterocycles. The van der Waals surface area contributed by atoms with Gasteiger partial charge in [-0.3, -0.25) is 14.3 Å². The lowest BCUT2D eigenvalue weighted by Gasteiger charge is -1.96. The van der Waals surface area contributed by atoms with Crippen LogP contribution in [0.2, 0.25) is 5.02 Å². The third-order valence-electron chi connectivity index (χ3n) is 2.85. The van der Waals surface area contributed by atoms with Crippen molar-refractivity contribution < 1.29 is 0 Å². The van der Waals surface area contributed by atoms with Crippen molar-refractivity contribution in [3.63, 3.8) is 0 Å². The monoisotopic (exact) mass is 276 g/mol. The van der Waals surface area contributed by atoms with E-state index >= 15 is 0 Å². The zero-order valence-corrected chi connectivity index (χ0v) is 10.7. The van der Waals surface area contributed by atoms with Gasteiger partial charge >= 0.3 is 5.69 Å². The smallest absolute Gasteiger partial charge is 0.329 e. The van der Waals surface area contributed by atoms with E-state index in [0.717, 1.165) is 5.56 Å². The molecule has 0 amide bonds. The maximum absolute atomic E-state index is 11.7. The summed E-state index contributed by atoms with van der Waals surface area (Å²) in [6.45, 7) is 0. The van der Waals surface area contributed by atoms with E-state index in [1.807, 2.05) is 6.07 Å². The van der Waals surface area contributed by atoms with Gasteiger partial charge in [-0.1, -0.05) is 23.7 Å². The van der Waals surface area contributed by atoms with E-state index in [9.17, 15) is 9.59 Å². The van der Waals surface area contributed by atoms with Gasteiger partial charge in [-0.05, 0) is 12.1 Å². The molecule has 0 aliphatic carbocycles. The Balaban J connectivity index is 2.34. The Labute approximate surface area is 111 Å². The molecule has 0 unspecified atom stereocenters. The number of fused-ring (bicyclic) bond motifs is 1. The molecule has 7 heteroatoms. The van der Waals surface area contributed by atoms with Crippen LogP contribution in [0.25, 0.3) is 22.6 Å². The van der Waals surface area contributed by atoms with E-state index < -0.39 is 11.2 Å². The molecule has 3 rings (SSSR count). The molecule has 0 fully saturated rings. The summed E-state index contributed by atoms with van der Waals surface area (Å²) >= 11 is 5.92. The number of hydrogen-bond acceptors (Lipinski definition) is 3. The van der Waals surface area contributed by atoms with Crippen LogP contribution >= 0.6 is 11.6 Å². The van der Waals surface area contributed by atoms with Crippen molar-refractivity contribution in [2.24, 2.45) is 7.05 Å². The highest BCUT2D eigenvalue weighted by atomic mass is 35.5. The fraction of sp³-hybridized carbons (Fsp3) is 0.0833. The largest absolute Gasteiger partial charge is 0.332 e. The highest BCUT2D eigenvalue weighted by molar-refractivity contribution is 6.30. The molecule has 0 bridgehead atoms. The molecule has 1 aromatic carbocycles. The Morgan fingerprint density at radius 2 is 2.05 bits per heavy atom. The predicted molar refractivity (Wildman–Crippen MR) is 72.4 cm³/mol. The van der Waals surface area contributed by atoms with Crippen LogP contribution < -0.4 is 11.2 Å². The zero-order chi connectivity index (χ0) is 13.6. The number of H-pyrrole nitrogens is 2. The van der Waals surface area contributed by atoms with Crippen molar-refractivity contribution >= 4 is 22.8 Å². The molecule has 3 aromatic rings. The molecule has 0 aliphatic heterocycles. The number of imidazole rings is 1. The number of halogens is 1. The maximum atomic E-state index is 11.7. The lowest BCUT2D eigenvalue weighted by atomic mass is 10.2. The van der Waals surface area contributed by atoms with Crippen molar-refractivity contribution in [2.75, 3.05) is 0 Å². The van der Waals surface area contributed by atoms with E-state index in [-0.39, 0.29) is 5.52 Å². The number of aromatic amines is 2. The minimum Gasteiger partial charge on any atom is -0.332 e. The van der Waals surface area contributed by atoms with Gasteiger partial charge in [-0.2, -0.15) is 0 Å². The summed E-state index contributed by atoms with van der Waals surface area (Å²) in [6.07, 6.45) is 0. The molecule has 0 aliphatic rings. The van der Waals surface area contributed by atoms with Crippen LogP contribution in [-0.4, -0.2) is 19.5 Å². The second-order valence-electron chi connectivity index (χ2n) is 4.11. The molecule has 0 radical (unpaired) electrons. The molecule has 0 spiro atoms. The van der Waals surface area contributed by atoms with Gasteiger partial charge in [0.15, 0.2) is 5.65 Å². The second-order valence-corrected chi connectivity index (χ2v) is 4.55. The summed E-state index contributed by atoms with van der Waals surface area (Å²) < 4.78 is 1.28. The lowest BCUT2D eigenvalue weighted by Crippen LogP contribution is -2.28. The van der Waals surface area contributed by atoms with Crippen molar-refractivity contribution in [1.29, 1.82) is 0 Å².